The molecule has 23 heavy (non-hydrogen) atoms. The van der Waals surface area contributed by atoms with Gasteiger partial charge in [-0.05, 0) is 6.07 Å². The van der Waals surface area contributed by atoms with Crippen LogP contribution in [0.5, 0.6) is 0 Å². The van der Waals surface area contributed by atoms with Crippen molar-refractivity contribution in [3.05, 3.63) is 18.5 Å². The Labute approximate surface area is 134 Å². The van der Waals surface area contributed by atoms with E-state index in [2.05, 4.69) is 5.10 Å². The van der Waals surface area contributed by atoms with Gasteiger partial charge in [-0.1, -0.05) is 0 Å². The van der Waals surface area contributed by atoms with E-state index in [0.29, 0.717) is 32.7 Å². The summed E-state index contributed by atoms with van der Waals surface area (Å²) in [6, 6.07) is 1.56. The van der Waals surface area contributed by atoms with Gasteiger partial charge in [0, 0.05) is 64.1 Å². The van der Waals surface area contributed by atoms with E-state index in [1.165, 1.54) is 7.11 Å². The number of hydrogen-bond acceptors (Lipinski definition) is 4. The molecule has 6 nitrogen and oxygen atoms in total. The SMILES string of the molecule is COC[C@@H]1CC(F)(F)CN1C1CN(C(=O)CCn2cccn2)C1. The Hall–Kier alpha value is -1.54. The van der Waals surface area contributed by atoms with Crippen LogP contribution >= 0.6 is 0 Å². The molecule has 0 unspecified atom stereocenters. The molecule has 1 amide bonds. The number of carbonyl (C=O) groups is 1. The van der Waals surface area contributed by atoms with Gasteiger partial charge in [0.05, 0.1) is 13.2 Å². The molecule has 2 fully saturated rings. The minimum atomic E-state index is -2.66. The molecule has 8 heteroatoms. The number of amides is 1. The van der Waals surface area contributed by atoms with Gasteiger partial charge in [0.1, 0.15) is 0 Å². The maximum atomic E-state index is 13.6. The molecule has 0 aliphatic carbocycles. The van der Waals surface area contributed by atoms with Crippen molar-refractivity contribution in [2.75, 3.05) is 33.4 Å². The van der Waals surface area contributed by atoms with Crippen LogP contribution in [0.25, 0.3) is 0 Å². The molecule has 3 rings (SSSR count). The first-order valence-electron chi connectivity index (χ1n) is 7.86. The Morgan fingerprint density at radius 3 is 2.87 bits per heavy atom. The van der Waals surface area contributed by atoms with Crippen molar-refractivity contribution in [2.24, 2.45) is 0 Å². The van der Waals surface area contributed by atoms with E-state index < -0.39 is 5.92 Å². The Kier molecular flexibility index (Phi) is 4.63. The van der Waals surface area contributed by atoms with E-state index in [1.807, 2.05) is 12.3 Å². The van der Waals surface area contributed by atoms with Crippen LogP contribution in [0.4, 0.5) is 8.78 Å². The number of alkyl halides is 2. The fourth-order valence-electron chi connectivity index (χ4n) is 3.37. The van der Waals surface area contributed by atoms with Crippen molar-refractivity contribution >= 4 is 5.91 Å². The predicted octanol–water partition coefficient (Wildman–Crippen LogP) is 0.840. The molecule has 128 valence electrons. The van der Waals surface area contributed by atoms with Crippen molar-refractivity contribution in [3.63, 3.8) is 0 Å². The highest BCUT2D eigenvalue weighted by molar-refractivity contribution is 5.77. The van der Waals surface area contributed by atoms with Crippen LogP contribution < -0.4 is 0 Å². The molecule has 0 N–H and O–H groups in total. The first-order chi connectivity index (χ1) is 11.0. The van der Waals surface area contributed by atoms with Gasteiger partial charge in [-0.2, -0.15) is 5.10 Å². The largest absolute Gasteiger partial charge is 0.383 e. The third-order valence-electron chi connectivity index (χ3n) is 4.57. The average molecular weight is 328 g/mol. The van der Waals surface area contributed by atoms with Crippen molar-refractivity contribution < 1.29 is 18.3 Å². The summed E-state index contributed by atoms with van der Waals surface area (Å²) in [6.45, 7) is 1.66. The molecule has 2 aliphatic rings. The van der Waals surface area contributed by atoms with Gasteiger partial charge >= 0.3 is 0 Å². The molecule has 1 atom stereocenters. The number of aryl methyl sites for hydroxylation is 1. The monoisotopic (exact) mass is 328 g/mol. The highest BCUT2D eigenvalue weighted by Crippen LogP contribution is 2.35. The summed E-state index contributed by atoms with van der Waals surface area (Å²) in [5, 5.41) is 4.06. The van der Waals surface area contributed by atoms with Gasteiger partial charge in [-0.15, -0.1) is 0 Å². The molecular weight excluding hydrogens is 306 g/mol. The van der Waals surface area contributed by atoms with E-state index in [9.17, 15) is 13.6 Å². The van der Waals surface area contributed by atoms with E-state index in [-0.39, 0.29) is 31.0 Å². The summed E-state index contributed by atoms with van der Waals surface area (Å²) in [4.78, 5) is 15.6. The zero-order valence-electron chi connectivity index (χ0n) is 13.2. The first-order valence-corrected chi connectivity index (χ1v) is 7.86. The number of aromatic nitrogens is 2. The Bertz CT molecular complexity index is 532. The standard InChI is InChI=1S/C15H22F2N4O2/c1-23-10-12-7-15(16,17)11-21(12)13-8-19(9-13)14(22)3-6-20-5-2-4-18-20/h2,4-5,12-13H,3,6-11H2,1H3/t12-/m0/s1. The van der Waals surface area contributed by atoms with Crippen molar-refractivity contribution in [2.45, 2.75) is 37.4 Å². The minimum absolute atomic E-state index is 0.0113. The highest BCUT2D eigenvalue weighted by Gasteiger charge is 2.50. The second-order valence-corrected chi connectivity index (χ2v) is 6.31. The van der Waals surface area contributed by atoms with Crippen LogP contribution in [0.15, 0.2) is 18.5 Å². The van der Waals surface area contributed by atoms with Crippen LogP contribution in [0.2, 0.25) is 0 Å². The van der Waals surface area contributed by atoms with Gasteiger partial charge in [0.25, 0.3) is 5.92 Å². The van der Waals surface area contributed by atoms with Crippen LogP contribution in [0, 0.1) is 0 Å². The molecule has 0 saturated carbocycles. The van der Waals surface area contributed by atoms with Gasteiger partial charge < -0.3 is 9.64 Å². The maximum Gasteiger partial charge on any atom is 0.262 e. The van der Waals surface area contributed by atoms with Crippen LogP contribution in [-0.2, 0) is 16.1 Å². The van der Waals surface area contributed by atoms with E-state index in [0.717, 1.165) is 0 Å². The highest BCUT2D eigenvalue weighted by atomic mass is 19.3. The molecule has 0 radical (unpaired) electrons. The third kappa shape index (κ3) is 3.69. The minimum Gasteiger partial charge on any atom is -0.383 e. The summed E-state index contributed by atoms with van der Waals surface area (Å²) in [5.74, 6) is -2.61. The number of methoxy groups -OCH3 is 1. The molecule has 3 heterocycles. The zero-order chi connectivity index (χ0) is 16.4. The number of nitrogens with zero attached hydrogens (tertiary/aromatic N) is 4. The van der Waals surface area contributed by atoms with Gasteiger partial charge in [0.15, 0.2) is 0 Å². The summed E-state index contributed by atoms with van der Waals surface area (Å²) < 4.78 is 34.0. The number of carbonyl (C=O) groups excluding carboxylic acids is 1. The molecule has 1 aromatic rings. The molecular formula is C15H22F2N4O2. The van der Waals surface area contributed by atoms with Crippen molar-refractivity contribution in [1.82, 2.24) is 19.6 Å². The fourth-order valence-corrected chi connectivity index (χ4v) is 3.37. The lowest BCUT2D eigenvalue weighted by Crippen LogP contribution is -2.62. The van der Waals surface area contributed by atoms with E-state index >= 15 is 0 Å². The lowest BCUT2D eigenvalue weighted by molar-refractivity contribution is -0.139. The van der Waals surface area contributed by atoms with Gasteiger partial charge in [-0.3, -0.25) is 14.4 Å². The lowest BCUT2D eigenvalue weighted by atomic mass is 10.1. The number of rotatable bonds is 6. The Balaban J connectivity index is 1.47. The zero-order valence-corrected chi connectivity index (χ0v) is 13.2. The fraction of sp³-hybridized carbons (Fsp3) is 0.733. The normalized spacial score (nSPS) is 24.8. The van der Waals surface area contributed by atoms with E-state index in [4.69, 9.17) is 4.74 Å². The topological polar surface area (TPSA) is 50.6 Å². The molecule has 2 saturated heterocycles. The van der Waals surface area contributed by atoms with Crippen LogP contribution in [0.1, 0.15) is 12.8 Å². The Morgan fingerprint density at radius 2 is 2.22 bits per heavy atom. The lowest BCUT2D eigenvalue weighted by Gasteiger charge is -2.45. The number of hydrogen-bond donors (Lipinski definition) is 0. The van der Waals surface area contributed by atoms with E-state index in [1.54, 1.807) is 20.7 Å². The Morgan fingerprint density at radius 1 is 1.43 bits per heavy atom. The smallest absolute Gasteiger partial charge is 0.262 e. The summed E-state index contributed by atoms with van der Waals surface area (Å²) in [6.07, 6.45) is 3.71. The maximum absolute atomic E-state index is 13.6. The number of likely N-dealkylation sites (tertiary alicyclic amines) is 2. The summed E-state index contributed by atoms with van der Waals surface area (Å²) in [5.41, 5.74) is 0. The average Bonchev–Trinajstić information content (AvgIpc) is 3.03. The van der Waals surface area contributed by atoms with Crippen LogP contribution in [0.3, 0.4) is 0 Å². The van der Waals surface area contributed by atoms with Crippen molar-refractivity contribution in [1.29, 1.82) is 0 Å². The quantitative estimate of drug-likeness (QED) is 0.777. The molecule has 0 aromatic carbocycles. The number of halogens is 2. The molecule has 2 aliphatic heterocycles. The first kappa shape index (κ1) is 16.3. The second kappa shape index (κ2) is 6.52. The second-order valence-electron chi connectivity index (χ2n) is 6.31. The molecule has 1 aromatic heterocycles. The summed E-state index contributed by atoms with van der Waals surface area (Å²) >= 11 is 0. The van der Waals surface area contributed by atoms with Gasteiger partial charge in [-0.25, -0.2) is 8.78 Å². The third-order valence-corrected chi connectivity index (χ3v) is 4.57. The van der Waals surface area contributed by atoms with Crippen molar-refractivity contribution in [3.8, 4) is 0 Å². The molecule has 0 bridgehead atoms. The van der Waals surface area contributed by atoms with Crippen LogP contribution in [-0.4, -0.2) is 76.8 Å². The van der Waals surface area contributed by atoms with Gasteiger partial charge in [0.2, 0.25) is 5.91 Å². The summed E-state index contributed by atoms with van der Waals surface area (Å²) in [7, 11) is 1.53. The molecule has 0 spiro atoms. The number of ether oxygens (including phenoxy) is 1. The predicted molar refractivity (Wildman–Crippen MR) is 79.1 cm³/mol.